The number of thiocarbonyl (C=S) groups is 1. The first-order valence-electron chi connectivity index (χ1n) is 7.71. The predicted octanol–water partition coefficient (Wildman–Crippen LogP) is 4.34. The van der Waals surface area contributed by atoms with E-state index in [1.807, 2.05) is 6.92 Å². The van der Waals surface area contributed by atoms with Crippen molar-refractivity contribution in [3.8, 4) is 11.3 Å². The summed E-state index contributed by atoms with van der Waals surface area (Å²) < 4.78 is 6.31. The van der Waals surface area contributed by atoms with E-state index < -0.39 is 5.97 Å². The minimum absolute atomic E-state index is 0.167. The summed E-state index contributed by atoms with van der Waals surface area (Å²) in [6, 6.07) is 8.40. The highest BCUT2D eigenvalue weighted by Gasteiger charge is 2.31. The van der Waals surface area contributed by atoms with E-state index >= 15 is 0 Å². The molecule has 0 saturated carbocycles. The van der Waals surface area contributed by atoms with Crippen LogP contribution in [0.3, 0.4) is 0 Å². The van der Waals surface area contributed by atoms with Crippen LogP contribution in [0, 0.1) is 6.92 Å². The molecule has 132 valence electrons. The lowest BCUT2D eigenvalue weighted by molar-refractivity contribution is -0.121. The molecule has 0 spiro atoms. The summed E-state index contributed by atoms with van der Waals surface area (Å²) in [5, 5.41) is 9.05. The van der Waals surface area contributed by atoms with Crippen LogP contribution in [0.1, 0.15) is 21.7 Å². The van der Waals surface area contributed by atoms with Crippen LogP contribution in [0.15, 0.2) is 52.3 Å². The lowest BCUT2D eigenvalue weighted by Crippen LogP contribution is -2.27. The van der Waals surface area contributed by atoms with Crippen molar-refractivity contribution in [3.05, 3.63) is 64.8 Å². The van der Waals surface area contributed by atoms with Gasteiger partial charge in [-0.15, -0.1) is 6.58 Å². The van der Waals surface area contributed by atoms with Gasteiger partial charge in [0.25, 0.3) is 5.91 Å². The van der Waals surface area contributed by atoms with E-state index in [2.05, 4.69) is 6.58 Å². The maximum Gasteiger partial charge on any atom is 0.335 e. The molecule has 3 rings (SSSR count). The second-order valence-electron chi connectivity index (χ2n) is 5.62. The summed E-state index contributed by atoms with van der Waals surface area (Å²) in [4.78, 5) is 25.4. The van der Waals surface area contributed by atoms with Crippen molar-refractivity contribution in [3.63, 3.8) is 0 Å². The van der Waals surface area contributed by atoms with E-state index in [1.165, 1.54) is 22.7 Å². The number of carbonyl (C=O) groups excluding carboxylic acids is 1. The highest BCUT2D eigenvalue weighted by atomic mass is 32.2. The molecule has 5 nitrogen and oxygen atoms in total. The second-order valence-corrected chi connectivity index (χ2v) is 7.29. The standard InChI is InChI=1S/C19H15NO4S2/c1-3-8-20-17(21)16(26-19(20)25)10-13-5-7-15(24-13)14-6-4-12(18(22)23)9-11(14)2/h3-7,9-10H,1,8H2,2H3,(H,22,23). The van der Waals surface area contributed by atoms with Crippen molar-refractivity contribution in [2.24, 2.45) is 0 Å². The molecule has 0 aliphatic carbocycles. The zero-order valence-electron chi connectivity index (χ0n) is 13.9. The smallest absolute Gasteiger partial charge is 0.335 e. The van der Waals surface area contributed by atoms with Gasteiger partial charge in [-0.1, -0.05) is 36.1 Å². The first-order valence-corrected chi connectivity index (χ1v) is 8.93. The van der Waals surface area contributed by atoms with Gasteiger partial charge < -0.3 is 9.52 Å². The number of carbonyl (C=O) groups is 2. The Bertz CT molecular complexity index is 958. The molecule has 1 amide bonds. The summed E-state index contributed by atoms with van der Waals surface area (Å²) in [5.41, 5.74) is 1.82. The molecular formula is C19H15NO4S2. The molecule has 0 bridgehead atoms. The molecule has 1 N–H and O–H groups in total. The number of benzene rings is 1. The first-order chi connectivity index (χ1) is 12.4. The Morgan fingerprint density at radius 3 is 2.81 bits per heavy atom. The summed E-state index contributed by atoms with van der Waals surface area (Å²) in [5.74, 6) is -0.00532. The number of amides is 1. The third-order valence-electron chi connectivity index (χ3n) is 3.82. The maximum atomic E-state index is 12.3. The molecule has 0 atom stereocenters. The summed E-state index contributed by atoms with van der Waals surface area (Å²) in [6.07, 6.45) is 3.29. The Hall–Kier alpha value is -2.64. The van der Waals surface area contributed by atoms with Gasteiger partial charge in [0.2, 0.25) is 0 Å². The zero-order chi connectivity index (χ0) is 18.8. The molecule has 2 heterocycles. The molecular weight excluding hydrogens is 370 g/mol. The van der Waals surface area contributed by atoms with Crippen molar-refractivity contribution in [1.29, 1.82) is 0 Å². The maximum absolute atomic E-state index is 12.3. The summed E-state index contributed by atoms with van der Waals surface area (Å²) >= 11 is 6.44. The molecule has 1 aromatic carbocycles. The SMILES string of the molecule is C=CCN1C(=O)C(=Cc2ccc(-c3ccc(C(=O)O)cc3C)o2)SC1=S. The van der Waals surface area contributed by atoms with Gasteiger partial charge in [-0.25, -0.2) is 4.79 Å². The zero-order valence-corrected chi connectivity index (χ0v) is 15.5. The highest BCUT2D eigenvalue weighted by molar-refractivity contribution is 8.26. The van der Waals surface area contributed by atoms with Crippen LogP contribution in [0.2, 0.25) is 0 Å². The van der Waals surface area contributed by atoms with E-state index in [0.717, 1.165) is 11.1 Å². The van der Waals surface area contributed by atoms with Gasteiger partial charge in [-0.3, -0.25) is 9.69 Å². The number of aromatic carboxylic acids is 1. The Balaban J connectivity index is 1.87. The minimum atomic E-state index is -0.971. The van der Waals surface area contributed by atoms with Gasteiger partial charge in [0.15, 0.2) is 0 Å². The van der Waals surface area contributed by atoms with E-state index in [-0.39, 0.29) is 11.5 Å². The molecule has 0 unspecified atom stereocenters. The van der Waals surface area contributed by atoms with Gasteiger partial charge in [0, 0.05) is 18.2 Å². The molecule has 1 aliphatic rings. The Labute approximate surface area is 160 Å². The molecule has 0 radical (unpaired) electrons. The Kier molecular flexibility index (Phi) is 5.11. The number of furan rings is 1. The van der Waals surface area contributed by atoms with Crippen LogP contribution in [-0.4, -0.2) is 32.7 Å². The van der Waals surface area contributed by atoms with E-state index in [0.29, 0.717) is 27.3 Å². The molecule has 1 aromatic heterocycles. The Morgan fingerprint density at radius 1 is 1.38 bits per heavy atom. The summed E-state index contributed by atoms with van der Waals surface area (Å²) in [6.45, 7) is 5.83. The fourth-order valence-corrected chi connectivity index (χ4v) is 3.82. The lowest BCUT2D eigenvalue weighted by atomic mass is 10.0. The topological polar surface area (TPSA) is 70.8 Å². The van der Waals surface area contributed by atoms with Crippen LogP contribution < -0.4 is 0 Å². The fourth-order valence-electron chi connectivity index (χ4n) is 2.56. The van der Waals surface area contributed by atoms with Crippen LogP contribution in [0.4, 0.5) is 0 Å². The van der Waals surface area contributed by atoms with Crippen molar-refractivity contribution in [2.75, 3.05) is 6.54 Å². The monoisotopic (exact) mass is 385 g/mol. The van der Waals surface area contributed by atoms with Gasteiger partial charge in [0.1, 0.15) is 15.8 Å². The number of carboxylic acid groups (broad SMARTS) is 1. The van der Waals surface area contributed by atoms with Gasteiger partial charge in [-0.2, -0.15) is 0 Å². The molecule has 1 fully saturated rings. The first kappa shape index (κ1) is 18.2. The lowest BCUT2D eigenvalue weighted by Gasteiger charge is -2.10. The molecule has 1 aliphatic heterocycles. The van der Waals surface area contributed by atoms with E-state index in [4.69, 9.17) is 21.7 Å². The number of carboxylic acids is 1. The Morgan fingerprint density at radius 2 is 2.15 bits per heavy atom. The average Bonchev–Trinajstić information content (AvgIpc) is 3.15. The van der Waals surface area contributed by atoms with Crippen molar-refractivity contribution in [1.82, 2.24) is 4.90 Å². The quantitative estimate of drug-likeness (QED) is 0.469. The molecule has 7 heteroatoms. The molecule has 26 heavy (non-hydrogen) atoms. The van der Waals surface area contributed by atoms with Crippen LogP contribution in [0.5, 0.6) is 0 Å². The van der Waals surface area contributed by atoms with Crippen LogP contribution >= 0.6 is 24.0 Å². The normalized spacial score (nSPS) is 15.7. The van der Waals surface area contributed by atoms with Crippen molar-refractivity contribution < 1.29 is 19.1 Å². The number of hydrogen-bond acceptors (Lipinski definition) is 5. The van der Waals surface area contributed by atoms with E-state index in [1.54, 1.807) is 36.4 Å². The number of rotatable bonds is 5. The predicted molar refractivity (Wildman–Crippen MR) is 106 cm³/mol. The number of aryl methyl sites for hydroxylation is 1. The minimum Gasteiger partial charge on any atom is -0.478 e. The molecule has 1 saturated heterocycles. The number of thioether (sulfide) groups is 1. The third-order valence-corrected chi connectivity index (χ3v) is 5.20. The van der Waals surface area contributed by atoms with Gasteiger partial charge in [0.05, 0.1) is 10.5 Å². The van der Waals surface area contributed by atoms with E-state index in [9.17, 15) is 9.59 Å². The highest BCUT2D eigenvalue weighted by Crippen LogP contribution is 2.34. The second kappa shape index (κ2) is 7.31. The third kappa shape index (κ3) is 3.49. The largest absolute Gasteiger partial charge is 0.478 e. The van der Waals surface area contributed by atoms with Gasteiger partial charge in [-0.05, 0) is 36.8 Å². The van der Waals surface area contributed by atoms with Crippen LogP contribution in [-0.2, 0) is 4.79 Å². The van der Waals surface area contributed by atoms with Crippen LogP contribution in [0.25, 0.3) is 17.4 Å². The molecule has 2 aromatic rings. The number of hydrogen-bond donors (Lipinski definition) is 1. The van der Waals surface area contributed by atoms with Crippen molar-refractivity contribution >= 4 is 46.3 Å². The average molecular weight is 385 g/mol. The fraction of sp³-hybridized carbons (Fsp3) is 0.105. The summed E-state index contributed by atoms with van der Waals surface area (Å²) in [7, 11) is 0. The number of nitrogens with zero attached hydrogens (tertiary/aromatic N) is 1. The van der Waals surface area contributed by atoms with Crippen molar-refractivity contribution in [2.45, 2.75) is 6.92 Å². The van der Waals surface area contributed by atoms with Gasteiger partial charge >= 0.3 is 5.97 Å².